The predicted molar refractivity (Wildman–Crippen MR) is 174 cm³/mol. The molecule has 1 N–H and O–H groups in total. The first-order chi connectivity index (χ1) is 18.5. The largest absolute Gasteiger partial charge is 0.314 e. The van der Waals surface area contributed by atoms with E-state index in [0.29, 0.717) is 0 Å². The van der Waals surface area contributed by atoms with Crippen molar-refractivity contribution in [3.05, 3.63) is 11.4 Å². The number of hydrogen-bond acceptors (Lipinski definition) is 1. The standard InChI is InChI=1S/C36H68NP/c1-7-10-12-22-32(16-8-2)36-26-34(29(5)19-15-18-28(4)31-20-13-11-14-21-31)25-30(6)38(36)27-33(17-9-3)35-23-24-37-35/h26,28-35,37H,7-25,27H2,1-6H3. The quantitative estimate of drug-likeness (QED) is 0.133. The Kier molecular flexibility index (Phi) is 15.3. The SMILES string of the molecule is CCCCCC(CCC)C1=CC(C(C)CCCC(C)C2CCCCC2)CC(C)P1CC(CCC)C1CCN1. The highest BCUT2D eigenvalue weighted by molar-refractivity contribution is 7.62. The maximum atomic E-state index is 3.82. The lowest BCUT2D eigenvalue weighted by molar-refractivity contribution is 0.240. The van der Waals surface area contributed by atoms with E-state index in [1.165, 1.54) is 128 Å². The van der Waals surface area contributed by atoms with Gasteiger partial charge >= 0.3 is 0 Å². The molecule has 0 radical (unpaired) electrons. The fourth-order valence-electron chi connectivity index (χ4n) is 8.31. The molecule has 1 saturated heterocycles. The zero-order valence-corrected chi connectivity index (χ0v) is 27.7. The Morgan fingerprint density at radius 1 is 0.816 bits per heavy atom. The van der Waals surface area contributed by atoms with Gasteiger partial charge in [-0.2, -0.15) is 0 Å². The van der Waals surface area contributed by atoms with Gasteiger partial charge in [0.25, 0.3) is 0 Å². The zero-order chi connectivity index (χ0) is 27.3. The number of nitrogens with one attached hydrogen (secondary N) is 1. The molecule has 8 unspecified atom stereocenters. The molecule has 0 bridgehead atoms. The molecular weight excluding hydrogens is 477 g/mol. The average molecular weight is 546 g/mol. The van der Waals surface area contributed by atoms with Crippen molar-refractivity contribution in [1.82, 2.24) is 5.32 Å². The van der Waals surface area contributed by atoms with Crippen molar-refractivity contribution in [2.24, 2.45) is 35.5 Å². The minimum absolute atomic E-state index is 0.0144. The summed E-state index contributed by atoms with van der Waals surface area (Å²) >= 11 is 0. The Morgan fingerprint density at radius 3 is 2.16 bits per heavy atom. The molecule has 1 nitrogen and oxygen atoms in total. The van der Waals surface area contributed by atoms with E-state index in [9.17, 15) is 0 Å². The van der Waals surface area contributed by atoms with E-state index in [1.54, 1.807) is 0 Å². The van der Waals surface area contributed by atoms with Gasteiger partial charge in [0, 0.05) is 6.04 Å². The normalized spacial score (nSPS) is 29.8. The summed E-state index contributed by atoms with van der Waals surface area (Å²) in [6, 6.07) is 0.818. The van der Waals surface area contributed by atoms with Crippen molar-refractivity contribution < 1.29 is 0 Å². The monoisotopic (exact) mass is 546 g/mol. The third-order valence-electron chi connectivity index (χ3n) is 11.1. The molecule has 1 saturated carbocycles. The zero-order valence-electron chi connectivity index (χ0n) is 26.8. The molecule has 8 atom stereocenters. The maximum Gasteiger partial charge on any atom is 0.0111 e. The van der Waals surface area contributed by atoms with E-state index in [-0.39, 0.29) is 7.92 Å². The summed E-state index contributed by atoms with van der Waals surface area (Å²) in [5.74, 6) is 5.47. The van der Waals surface area contributed by atoms with Crippen LogP contribution >= 0.6 is 7.92 Å². The number of allylic oxidation sites excluding steroid dienone is 2. The van der Waals surface area contributed by atoms with Gasteiger partial charge < -0.3 is 5.32 Å². The summed E-state index contributed by atoms with van der Waals surface area (Å²) in [5, 5.41) is 5.82. The predicted octanol–water partition coefficient (Wildman–Crippen LogP) is 11.6. The van der Waals surface area contributed by atoms with Gasteiger partial charge in [-0.15, -0.1) is 0 Å². The van der Waals surface area contributed by atoms with Gasteiger partial charge in [-0.3, -0.25) is 0 Å². The summed E-state index contributed by atoms with van der Waals surface area (Å²) in [5.41, 5.74) is 0.920. The Labute approximate surface area is 241 Å². The molecule has 0 aromatic carbocycles. The van der Waals surface area contributed by atoms with Gasteiger partial charge in [-0.1, -0.05) is 139 Å². The molecule has 0 aromatic rings. The van der Waals surface area contributed by atoms with E-state index >= 15 is 0 Å². The molecule has 0 amide bonds. The summed E-state index contributed by atoms with van der Waals surface area (Å²) in [6.07, 6.45) is 30.5. The molecule has 2 fully saturated rings. The van der Waals surface area contributed by atoms with E-state index in [1.807, 2.05) is 5.31 Å². The van der Waals surface area contributed by atoms with Crippen LogP contribution in [0, 0.1) is 35.5 Å². The van der Waals surface area contributed by atoms with Crippen LogP contribution in [-0.4, -0.2) is 24.4 Å². The average Bonchev–Trinajstić information content (AvgIpc) is 2.88. The van der Waals surface area contributed by atoms with Gasteiger partial charge in [0.2, 0.25) is 0 Å². The van der Waals surface area contributed by atoms with Gasteiger partial charge in [0.1, 0.15) is 0 Å². The minimum atomic E-state index is 0.0144. The van der Waals surface area contributed by atoms with Crippen molar-refractivity contribution in [1.29, 1.82) is 0 Å². The van der Waals surface area contributed by atoms with Crippen LogP contribution in [-0.2, 0) is 0 Å². The third kappa shape index (κ3) is 9.89. The van der Waals surface area contributed by atoms with Crippen molar-refractivity contribution in [2.45, 2.75) is 169 Å². The fraction of sp³-hybridized carbons (Fsp3) is 0.944. The molecule has 0 aromatic heterocycles. The lowest BCUT2D eigenvalue weighted by Gasteiger charge is -2.44. The lowest BCUT2D eigenvalue weighted by atomic mass is 9.77. The van der Waals surface area contributed by atoms with Crippen LogP contribution in [0.1, 0.15) is 157 Å². The summed E-state index contributed by atoms with van der Waals surface area (Å²) in [6.45, 7) is 16.4. The summed E-state index contributed by atoms with van der Waals surface area (Å²) in [7, 11) is 0.0144. The van der Waals surface area contributed by atoms with Crippen LogP contribution in [0.2, 0.25) is 0 Å². The molecule has 222 valence electrons. The number of hydrogen-bond donors (Lipinski definition) is 1. The van der Waals surface area contributed by atoms with Crippen LogP contribution in [0.4, 0.5) is 0 Å². The van der Waals surface area contributed by atoms with Gasteiger partial charge in [0.05, 0.1) is 0 Å². The minimum Gasteiger partial charge on any atom is -0.314 e. The molecule has 2 heterocycles. The molecule has 2 aliphatic heterocycles. The van der Waals surface area contributed by atoms with E-state index in [2.05, 4.69) is 52.9 Å². The number of unbranched alkanes of at least 4 members (excludes halogenated alkanes) is 2. The topological polar surface area (TPSA) is 12.0 Å². The Balaban J connectivity index is 1.69. The number of rotatable bonds is 18. The molecular formula is C36H68NP. The van der Waals surface area contributed by atoms with E-state index in [0.717, 1.165) is 47.2 Å². The van der Waals surface area contributed by atoms with Gasteiger partial charge in [-0.05, 0) is 91.3 Å². The highest BCUT2D eigenvalue weighted by Gasteiger charge is 2.37. The summed E-state index contributed by atoms with van der Waals surface area (Å²) < 4.78 is 0. The van der Waals surface area contributed by atoms with E-state index < -0.39 is 0 Å². The van der Waals surface area contributed by atoms with Crippen LogP contribution in [0.15, 0.2) is 11.4 Å². The maximum absolute atomic E-state index is 3.82. The summed E-state index contributed by atoms with van der Waals surface area (Å²) in [4.78, 5) is 0. The Bertz CT molecular complexity index is 648. The van der Waals surface area contributed by atoms with Crippen LogP contribution < -0.4 is 5.32 Å². The second-order valence-electron chi connectivity index (χ2n) is 14.2. The first kappa shape index (κ1) is 32.6. The lowest BCUT2D eigenvalue weighted by Crippen LogP contribution is -2.49. The Hall–Kier alpha value is 0.130. The molecule has 38 heavy (non-hydrogen) atoms. The van der Waals surface area contributed by atoms with Crippen molar-refractivity contribution in [2.75, 3.05) is 12.7 Å². The molecule has 2 heteroatoms. The highest BCUT2D eigenvalue weighted by atomic mass is 31.1. The first-order valence-electron chi connectivity index (χ1n) is 17.7. The smallest absolute Gasteiger partial charge is 0.0111 e. The molecule has 3 rings (SSSR count). The van der Waals surface area contributed by atoms with Crippen molar-refractivity contribution in [3.8, 4) is 0 Å². The first-order valence-corrected chi connectivity index (χ1v) is 19.3. The fourth-order valence-corrected chi connectivity index (χ4v) is 11.9. The van der Waals surface area contributed by atoms with Gasteiger partial charge in [0.15, 0.2) is 0 Å². The van der Waals surface area contributed by atoms with Gasteiger partial charge in [-0.25, -0.2) is 0 Å². The van der Waals surface area contributed by atoms with Crippen LogP contribution in [0.25, 0.3) is 0 Å². The van der Waals surface area contributed by atoms with E-state index in [4.69, 9.17) is 0 Å². The molecule has 3 aliphatic rings. The van der Waals surface area contributed by atoms with Crippen LogP contribution in [0.3, 0.4) is 0 Å². The second-order valence-corrected chi connectivity index (χ2v) is 16.9. The second kappa shape index (κ2) is 17.8. The van der Waals surface area contributed by atoms with Crippen molar-refractivity contribution in [3.63, 3.8) is 0 Å². The third-order valence-corrected chi connectivity index (χ3v) is 14.4. The Morgan fingerprint density at radius 2 is 1.53 bits per heavy atom. The highest BCUT2D eigenvalue weighted by Crippen LogP contribution is 2.61. The molecule has 1 aliphatic carbocycles. The molecule has 0 spiro atoms. The van der Waals surface area contributed by atoms with Crippen molar-refractivity contribution >= 4 is 7.92 Å². The van der Waals surface area contributed by atoms with Crippen LogP contribution in [0.5, 0.6) is 0 Å².